The second kappa shape index (κ2) is 7.33. The van der Waals surface area contributed by atoms with Gasteiger partial charge >= 0.3 is 0 Å². The molecule has 2 aromatic rings. The van der Waals surface area contributed by atoms with Gasteiger partial charge in [-0.25, -0.2) is 0 Å². The van der Waals surface area contributed by atoms with E-state index in [0.29, 0.717) is 0 Å². The first-order chi connectivity index (χ1) is 13.1. The molecule has 3 atom stereocenters. The summed E-state index contributed by atoms with van der Waals surface area (Å²) in [5.41, 5.74) is 3.05. The molecule has 2 fully saturated rings. The van der Waals surface area contributed by atoms with Gasteiger partial charge in [0.05, 0.1) is 24.9 Å². The number of amides is 1. The maximum Gasteiger partial charge on any atom is 0.244 e. The van der Waals surface area contributed by atoms with E-state index in [1.54, 1.807) is 7.11 Å². The first-order valence-electron chi connectivity index (χ1n) is 9.53. The predicted molar refractivity (Wildman–Crippen MR) is 106 cm³/mol. The molecule has 5 nitrogen and oxygen atoms in total. The number of carbonyl (C=O) groups is 1. The molecule has 2 heterocycles. The van der Waals surface area contributed by atoms with Crippen LogP contribution in [0.15, 0.2) is 48.5 Å². The highest BCUT2D eigenvalue weighted by molar-refractivity contribution is 6.03. The van der Waals surface area contributed by atoms with Gasteiger partial charge in [-0.05, 0) is 35.6 Å². The van der Waals surface area contributed by atoms with Gasteiger partial charge in [0, 0.05) is 19.7 Å². The standard InChI is InChI=1S/C22H26N2O3/c1-15(14-25)12-23-13-18-11-20(23)22(26)24(18)19-10-17(8-9-21(19)27-2)16-6-4-3-5-7-16/h3-10,15,18,20,25H,11-14H2,1-2H3/t15-,18-,20-/m0/s1. The van der Waals surface area contributed by atoms with Crippen molar-refractivity contribution in [2.45, 2.75) is 25.4 Å². The molecule has 0 spiro atoms. The number of fused-ring (bicyclic) bond motifs is 2. The lowest BCUT2D eigenvalue weighted by atomic mass is 10.0. The van der Waals surface area contributed by atoms with Crippen molar-refractivity contribution in [2.24, 2.45) is 5.92 Å². The number of rotatable bonds is 6. The third-order valence-electron chi connectivity index (χ3n) is 5.67. The fourth-order valence-corrected chi connectivity index (χ4v) is 4.33. The predicted octanol–water partition coefficient (Wildman–Crippen LogP) is 2.78. The number of aliphatic hydroxyl groups is 1. The van der Waals surface area contributed by atoms with Gasteiger partial charge in [-0.3, -0.25) is 9.69 Å². The third kappa shape index (κ3) is 3.22. The van der Waals surface area contributed by atoms with Crippen LogP contribution < -0.4 is 9.64 Å². The van der Waals surface area contributed by atoms with E-state index in [0.717, 1.165) is 42.1 Å². The molecule has 1 N–H and O–H groups in total. The number of likely N-dealkylation sites (tertiary alicyclic amines) is 1. The minimum Gasteiger partial charge on any atom is -0.495 e. The van der Waals surface area contributed by atoms with Crippen LogP contribution in [0.1, 0.15) is 13.3 Å². The van der Waals surface area contributed by atoms with E-state index in [9.17, 15) is 9.90 Å². The highest BCUT2D eigenvalue weighted by Crippen LogP contribution is 2.41. The summed E-state index contributed by atoms with van der Waals surface area (Å²) in [5.74, 6) is 1.05. The van der Waals surface area contributed by atoms with Crippen LogP contribution in [0.5, 0.6) is 5.75 Å². The normalized spacial score (nSPS) is 23.1. The zero-order valence-electron chi connectivity index (χ0n) is 15.8. The van der Waals surface area contributed by atoms with Crippen LogP contribution in [-0.4, -0.2) is 54.8 Å². The molecule has 2 aliphatic heterocycles. The molecule has 2 bridgehead atoms. The van der Waals surface area contributed by atoms with Crippen LogP contribution in [0, 0.1) is 5.92 Å². The lowest BCUT2D eigenvalue weighted by molar-refractivity contribution is -0.122. The number of hydrogen-bond acceptors (Lipinski definition) is 4. The Morgan fingerprint density at radius 1 is 1.19 bits per heavy atom. The maximum atomic E-state index is 13.1. The molecular formula is C22H26N2O3. The van der Waals surface area contributed by atoms with Gasteiger partial charge in [0.1, 0.15) is 5.75 Å². The summed E-state index contributed by atoms with van der Waals surface area (Å²) in [5, 5.41) is 9.33. The summed E-state index contributed by atoms with van der Waals surface area (Å²) in [6.07, 6.45) is 0.843. The fraction of sp³-hybridized carbons (Fsp3) is 0.409. The van der Waals surface area contributed by atoms with Crippen molar-refractivity contribution in [1.82, 2.24) is 4.90 Å². The molecule has 0 aliphatic carbocycles. The Hall–Kier alpha value is -2.37. The summed E-state index contributed by atoms with van der Waals surface area (Å²) >= 11 is 0. The van der Waals surface area contributed by atoms with E-state index in [4.69, 9.17) is 4.74 Å². The number of piperazine rings is 1. The van der Waals surface area contributed by atoms with Crippen molar-refractivity contribution in [2.75, 3.05) is 31.7 Å². The number of ether oxygens (including phenoxy) is 1. The lowest BCUT2D eigenvalue weighted by Crippen LogP contribution is -2.51. The van der Waals surface area contributed by atoms with Crippen molar-refractivity contribution in [1.29, 1.82) is 0 Å². The van der Waals surface area contributed by atoms with Crippen LogP contribution in [0.4, 0.5) is 5.69 Å². The number of aliphatic hydroxyl groups excluding tert-OH is 1. The lowest BCUT2D eigenvalue weighted by Gasteiger charge is -2.35. The van der Waals surface area contributed by atoms with Crippen LogP contribution in [0.2, 0.25) is 0 Å². The minimum atomic E-state index is -0.0888. The van der Waals surface area contributed by atoms with Crippen molar-refractivity contribution in [3.63, 3.8) is 0 Å². The van der Waals surface area contributed by atoms with Gasteiger partial charge in [-0.1, -0.05) is 43.3 Å². The highest BCUT2D eigenvalue weighted by atomic mass is 16.5. The molecule has 27 heavy (non-hydrogen) atoms. The van der Waals surface area contributed by atoms with Crippen molar-refractivity contribution < 1.29 is 14.6 Å². The molecule has 142 valence electrons. The molecule has 0 saturated carbocycles. The SMILES string of the molecule is COc1ccc(-c2ccccc2)cc1N1C(=O)[C@@H]2C[C@H]1CN2C[C@H](C)CO. The first kappa shape index (κ1) is 18.0. The summed E-state index contributed by atoms with van der Waals surface area (Å²) < 4.78 is 5.57. The van der Waals surface area contributed by atoms with Crippen molar-refractivity contribution in [3.8, 4) is 16.9 Å². The van der Waals surface area contributed by atoms with Gasteiger partial charge < -0.3 is 14.7 Å². The van der Waals surface area contributed by atoms with E-state index in [-0.39, 0.29) is 30.5 Å². The van der Waals surface area contributed by atoms with E-state index in [2.05, 4.69) is 23.1 Å². The summed E-state index contributed by atoms with van der Waals surface area (Å²) in [4.78, 5) is 17.3. The van der Waals surface area contributed by atoms with E-state index < -0.39 is 0 Å². The Labute approximate surface area is 160 Å². The minimum absolute atomic E-state index is 0.0888. The summed E-state index contributed by atoms with van der Waals surface area (Å²) in [6, 6.07) is 16.3. The Morgan fingerprint density at radius 3 is 2.63 bits per heavy atom. The molecule has 0 radical (unpaired) electrons. The number of hydrogen-bond donors (Lipinski definition) is 1. The van der Waals surface area contributed by atoms with Crippen molar-refractivity contribution >= 4 is 11.6 Å². The third-order valence-corrected chi connectivity index (χ3v) is 5.67. The van der Waals surface area contributed by atoms with Crippen molar-refractivity contribution in [3.05, 3.63) is 48.5 Å². The zero-order chi connectivity index (χ0) is 19.0. The zero-order valence-corrected chi connectivity index (χ0v) is 15.8. The summed E-state index contributed by atoms with van der Waals surface area (Å²) in [7, 11) is 1.65. The van der Waals surface area contributed by atoms with E-state index >= 15 is 0 Å². The molecule has 0 aromatic heterocycles. The highest BCUT2D eigenvalue weighted by Gasteiger charge is 2.50. The van der Waals surface area contributed by atoms with Gasteiger partial charge in [0.2, 0.25) is 5.91 Å². The second-order valence-electron chi connectivity index (χ2n) is 7.61. The largest absolute Gasteiger partial charge is 0.495 e. The Morgan fingerprint density at radius 2 is 1.96 bits per heavy atom. The van der Waals surface area contributed by atoms with Gasteiger partial charge in [-0.15, -0.1) is 0 Å². The number of methoxy groups -OCH3 is 1. The molecule has 0 unspecified atom stereocenters. The Kier molecular flexibility index (Phi) is 4.89. The van der Waals surface area contributed by atoms with Crippen LogP contribution in [0.25, 0.3) is 11.1 Å². The summed E-state index contributed by atoms with van der Waals surface area (Å²) in [6.45, 7) is 3.78. The fourth-order valence-electron chi connectivity index (χ4n) is 4.33. The topological polar surface area (TPSA) is 53.0 Å². The number of carbonyl (C=O) groups excluding carboxylic acids is 1. The van der Waals surface area contributed by atoms with Crippen LogP contribution in [0.3, 0.4) is 0 Å². The number of nitrogens with zero attached hydrogens (tertiary/aromatic N) is 2. The average Bonchev–Trinajstić information content (AvgIpc) is 3.25. The molecule has 2 saturated heterocycles. The maximum absolute atomic E-state index is 13.1. The average molecular weight is 366 g/mol. The molecule has 5 heteroatoms. The molecule has 1 amide bonds. The molecule has 4 rings (SSSR count). The number of benzene rings is 2. The second-order valence-corrected chi connectivity index (χ2v) is 7.61. The molecule has 2 aliphatic rings. The van der Waals surface area contributed by atoms with Gasteiger partial charge in [0.15, 0.2) is 0 Å². The smallest absolute Gasteiger partial charge is 0.244 e. The first-order valence-corrected chi connectivity index (χ1v) is 9.53. The van der Waals surface area contributed by atoms with Crippen LogP contribution >= 0.6 is 0 Å². The monoisotopic (exact) mass is 366 g/mol. The quantitative estimate of drug-likeness (QED) is 0.854. The van der Waals surface area contributed by atoms with Gasteiger partial charge in [0.25, 0.3) is 0 Å². The Bertz CT molecular complexity index is 824. The van der Waals surface area contributed by atoms with E-state index in [1.165, 1.54) is 0 Å². The molecule has 2 aromatic carbocycles. The van der Waals surface area contributed by atoms with Crippen LogP contribution in [-0.2, 0) is 4.79 Å². The number of anilines is 1. The van der Waals surface area contributed by atoms with Gasteiger partial charge in [-0.2, -0.15) is 0 Å². The molecular weight excluding hydrogens is 340 g/mol. The Balaban J connectivity index is 1.63. The van der Waals surface area contributed by atoms with E-state index in [1.807, 2.05) is 42.2 Å².